The number of benzene rings is 3. The monoisotopic (exact) mass is 410 g/mol. The van der Waals surface area contributed by atoms with Gasteiger partial charge >= 0.3 is 0 Å². The van der Waals surface area contributed by atoms with Gasteiger partial charge in [0.2, 0.25) is 15.9 Å². The molecule has 0 radical (unpaired) electrons. The summed E-state index contributed by atoms with van der Waals surface area (Å²) in [6, 6.07) is 21.6. The molecule has 3 aromatic rings. The summed E-state index contributed by atoms with van der Waals surface area (Å²) in [6.07, 6.45) is 1.91. The van der Waals surface area contributed by atoms with Gasteiger partial charge < -0.3 is 5.32 Å². The second kappa shape index (κ2) is 9.09. The van der Waals surface area contributed by atoms with Crippen molar-refractivity contribution >= 4 is 32.4 Å². The third kappa shape index (κ3) is 5.57. The Hall–Kier alpha value is -2.86. The predicted octanol–water partition coefficient (Wildman–Crippen LogP) is 4.01. The molecular weight excluding hydrogens is 384 g/mol. The van der Waals surface area contributed by atoms with Gasteiger partial charge in [0.15, 0.2) is 0 Å². The fourth-order valence-corrected chi connectivity index (χ4v) is 4.35. The predicted molar refractivity (Wildman–Crippen MR) is 118 cm³/mol. The van der Waals surface area contributed by atoms with E-state index in [9.17, 15) is 13.2 Å². The summed E-state index contributed by atoms with van der Waals surface area (Å²) < 4.78 is 25.8. The number of nitrogens with one attached hydrogen (secondary N) is 1. The van der Waals surface area contributed by atoms with Crippen LogP contribution in [-0.4, -0.2) is 27.1 Å². The van der Waals surface area contributed by atoms with Crippen molar-refractivity contribution in [1.82, 2.24) is 5.32 Å². The average Bonchev–Trinajstić information content (AvgIpc) is 2.69. The van der Waals surface area contributed by atoms with Crippen molar-refractivity contribution in [1.29, 1.82) is 0 Å². The fraction of sp³-hybridized carbons (Fsp3) is 0.261. The third-order valence-electron chi connectivity index (χ3n) is 4.85. The molecule has 0 fully saturated rings. The second-order valence-corrected chi connectivity index (χ2v) is 9.09. The van der Waals surface area contributed by atoms with Gasteiger partial charge in [-0.05, 0) is 47.4 Å². The zero-order chi connectivity index (χ0) is 20.9. The van der Waals surface area contributed by atoms with E-state index in [2.05, 4.69) is 17.4 Å². The standard InChI is InChI=1S/C23H26N2O3S/c1-18-8-3-6-11-22(18)25(29(2,27)28)15-7-12-23(26)24-17-19-13-14-20-9-4-5-10-21(20)16-19/h3-6,8-11,13-14,16H,7,12,15,17H2,1-2H3,(H,24,26). The molecule has 0 atom stereocenters. The van der Waals surface area contributed by atoms with Crippen LogP contribution >= 0.6 is 0 Å². The van der Waals surface area contributed by atoms with Crippen molar-refractivity contribution in [3.63, 3.8) is 0 Å². The van der Waals surface area contributed by atoms with E-state index in [4.69, 9.17) is 0 Å². The number of fused-ring (bicyclic) bond motifs is 1. The van der Waals surface area contributed by atoms with Gasteiger partial charge in [0.05, 0.1) is 11.9 Å². The van der Waals surface area contributed by atoms with Crippen LogP contribution in [-0.2, 0) is 21.4 Å². The van der Waals surface area contributed by atoms with E-state index >= 15 is 0 Å². The Morgan fingerprint density at radius 2 is 1.66 bits per heavy atom. The minimum Gasteiger partial charge on any atom is -0.352 e. The van der Waals surface area contributed by atoms with Crippen molar-refractivity contribution in [2.24, 2.45) is 0 Å². The highest BCUT2D eigenvalue weighted by molar-refractivity contribution is 7.92. The van der Waals surface area contributed by atoms with Gasteiger partial charge in [-0.2, -0.15) is 0 Å². The molecule has 0 spiro atoms. The topological polar surface area (TPSA) is 66.5 Å². The van der Waals surface area contributed by atoms with Gasteiger partial charge in [0.25, 0.3) is 0 Å². The van der Waals surface area contributed by atoms with Crippen LogP contribution in [0.3, 0.4) is 0 Å². The highest BCUT2D eigenvalue weighted by Gasteiger charge is 2.19. The molecular formula is C23H26N2O3S. The van der Waals surface area contributed by atoms with Gasteiger partial charge in [-0.3, -0.25) is 9.10 Å². The number of nitrogens with zero attached hydrogens (tertiary/aromatic N) is 1. The largest absolute Gasteiger partial charge is 0.352 e. The molecule has 0 aromatic heterocycles. The Kier molecular flexibility index (Phi) is 6.54. The van der Waals surface area contributed by atoms with Gasteiger partial charge in [-0.15, -0.1) is 0 Å². The molecule has 0 aliphatic rings. The van der Waals surface area contributed by atoms with Crippen LogP contribution < -0.4 is 9.62 Å². The van der Waals surface area contributed by atoms with Crippen molar-refractivity contribution in [3.8, 4) is 0 Å². The highest BCUT2D eigenvalue weighted by atomic mass is 32.2. The van der Waals surface area contributed by atoms with Crippen LogP contribution in [0.2, 0.25) is 0 Å². The first-order chi connectivity index (χ1) is 13.8. The number of carbonyl (C=O) groups excluding carboxylic acids is 1. The smallest absolute Gasteiger partial charge is 0.232 e. The average molecular weight is 411 g/mol. The van der Waals surface area contributed by atoms with Crippen LogP contribution in [0.1, 0.15) is 24.0 Å². The number of aryl methyl sites for hydroxylation is 1. The number of hydrogen-bond donors (Lipinski definition) is 1. The summed E-state index contributed by atoms with van der Waals surface area (Å²) in [4.78, 5) is 12.2. The Morgan fingerprint density at radius 3 is 2.38 bits per heavy atom. The lowest BCUT2D eigenvalue weighted by atomic mass is 10.1. The first-order valence-electron chi connectivity index (χ1n) is 9.62. The van der Waals surface area contributed by atoms with Gasteiger partial charge in [-0.1, -0.05) is 54.6 Å². The molecule has 29 heavy (non-hydrogen) atoms. The summed E-state index contributed by atoms with van der Waals surface area (Å²) in [5.41, 5.74) is 2.58. The number of para-hydroxylation sites is 1. The zero-order valence-electron chi connectivity index (χ0n) is 16.8. The van der Waals surface area contributed by atoms with Crippen LogP contribution in [0.5, 0.6) is 0 Å². The molecule has 5 nitrogen and oxygen atoms in total. The highest BCUT2D eigenvalue weighted by Crippen LogP contribution is 2.22. The lowest BCUT2D eigenvalue weighted by Gasteiger charge is -2.24. The summed E-state index contributed by atoms with van der Waals surface area (Å²) in [6.45, 7) is 2.61. The van der Waals surface area contributed by atoms with Crippen molar-refractivity contribution in [2.75, 3.05) is 17.1 Å². The molecule has 0 saturated carbocycles. The van der Waals surface area contributed by atoms with Crippen molar-refractivity contribution < 1.29 is 13.2 Å². The molecule has 3 rings (SSSR count). The quantitative estimate of drug-likeness (QED) is 0.610. The normalized spacial score (nSPS) is 11.4. The molecule has 0 bridgehead atoms. The van der Waals surface area contributed by atoms with E-state index in [1.54, 1.807) is 6.07 Å². The zero-order valence-corrected chi connectivity index (χ0v) is 17.6. The number of carbonyl (C=O) groups is 1. The van der Waals surface area contributed by atoms with Crippen molar-refractivity contribution in [2.45, 2.75) is 26.3 Å². The number of anilines is 1. The molecule has 6 heteroatoms. The maximum absolute atomic E-state index is 12.2. The molecule has 1 amide bonds. The van der Waals surface area contributed by atoms with Crippen LogP contribution in [0.25, 0.3) is 10.8 Å². The lowest BCUT2D eigenvalue weighted by molar-refractivity contribution is -0.121. The molecule has 0 saturated heterocycles. The summed E-state index contributed by atoms with van der Waals surface area (Å²) in [5.74, 6) is -0.0867. The SMILES string of the molecule is Cc1ccccc1N(CCCC(=O)NCc1ccc2ccccc2c1)S(C)(=O)=O. The molecule has 0 heterocycles. The third-order valence-corrected chi connectivity index (χ3v) is 6.03. The minimum atomic E-state index is -3.41. The lowest BCUT2D eigenvalue weighted by Crippen LogP contribution is -2.32. The van der Waals surface area contributed by atoms with E-state index in [-0.39, 0.29) is 18.9 Å². The number of amides is 1. The van der Waals surface area contributed by atoms with Crippen LogP contribution in [0.4, 0.5) is 5.69 Å². The van der Waals surface area contributed by atoms with Gasteiger partial charge in [-0.25, -0.2) is 8.42 Å². The maximum Gasteiger partial charge on any atom is 0.232 e. The van der Waals surface area contributed by atoms with Gasteiger partial charge in [0, 0.05) is 19.5 Å². The minimum absolute atomic E-state index is 0.0867. The Balaban J connectivity index is 1.54. The summed E-state index contributed by atoms with van der Waals surface area (Å²) in [5, 5.41) is 5.23. The first kappa shape index (κ1) is 20.9. The summed E-state index contributed by atoms with van der Waals surface area (Å²) >= 11 is 0. The first-order valence-corrected chi connectivity index (χ1v) is 11.5. The molecule has 152 valence electrons. The fourth-order valence-electron chi connectivity index (χ4n) is 3.33. The Labute approximate surface area is 172 Å². The molecule has 1 N–H and O–H groups in total. The van der Waals surface area contributed by atoms with E-state index < -0.39 is 10.0 Å². The van der Waals surface area contributed by atoms with Crippen molar-refractivity contribution in [3.05, 3.63) is 77.9 Å². The molecule has 0 aliphatic carbocycles. The van der Waals surface area contributed by atoms with Gasteiger partial charge in [0.1, 0.15) is 0 Å². The maximum atomic E-state index is 12.2. The van der Waals surface area contributed by atoms with E-state index in [0.717, 1.165) is 16.5 Å². The Morgan fingerprint density at radius 1 is 0.966 bits per heavy atom. The van der Waals surface area contributed by atoms with Crippen LogP contribution in [0.15, 0.2) is 66.7 Å². The number of hydrogen-bond acceptors (Lipinski definition) is 3. The Bertz CT molecular complexity index is 1110. The molecule has 3 aromatic carbocycles. The number of rotatable bonds is 8. The van der Waals surface area contributed by atoms with E-state index in [1.165, 1.54) is 15.9 Å². The molecule has 0 unspecified atom stereocenters. The van der Waals surface area contributed by atoms with E-state index in [0.29, 0.717) is 18.7 Å². The summed E-state index contributed by atoms with van der Waals surface area (Å²) in [7, 11) is -3.41. The second-order valence-electron chi connectivity index (χ2n) is 7.18. The van der Waals surface area contributed by atoms with Crippen LogP contribution in [0, 0.1) is 6.92 Å². The van der Waals surface area contributed by atoms with E-state index in [1.807, 2.05) is 55.5 Å². The molecule has 0 aliphatic heterocycles. The number of sulfonamides is 1.